The van der Waals surface area contributed by atoms with Crippen LogP contribution < -0.4 is 20.5 Å². The quantitative estimate of drug-likeness (QED) is 0.814. The van der Waals surface area contributed by atoms with E-state index in [4.69, 9.17) is 10.5 Å². The van der Waals surface area contributed by atoms with Crippen LogP contribution in [0.25, 0.3) is 0 Å². The Labute approximate surface area is 146 Å². The van der Waals surface area contributed by atoms with E-state index >= 15 is 0 Å². The molecule has 0 aromatic heterocycles. The highest BCUT2D eigenvalue weighted by Crippen LogP contribution is 2.30. The predicted molar refractivity (Wildman–Crippen MR) is 89.1 cm³/mol. The first-order valence-corrected chi connectivity index (χ1v) is 7.69. The summed E-state index contributed by atoms with van der Waals surface area (Å²) in [5.41, 5.74) is 6.01. The van der Waals surface area contributed by atoms with E-state index in [0.717, 1.165) is 25.7 Å². The summed E-state index contributed by atoms with van der Waals surface area (Å²) in [6.45, 7) is -2.46. The standard InChI is InChI=1S/C16H22F2N2O3.ClH/c1-22-13-7-6-10(8-14(13)23-16(17)18)15(21)20-12-5-3-2-4-11(12)9-19;/h6-8,11-12,16H,2-5,9,19H2,1H3,(H,20,21);1H. The van der Waals surface area contributed by atoms with Gasteiger partial charge in [-0.2, -0.15) is 8.78 Å². The SMILES string of the molecule is COc1ccc(C(=O)NC2CCCCC2CN)cc1OC(F)F.Cl. The molecule has 8 heteroatoms. The lowest BCUT2D eigenvalue weighted by Crippen LogP contribution is -2.44. The first-order valence-electron chi connectivity index (χ1n) is 7.69. The number of amides is 1. The van der Waals surface area contributed by atoms with Crippen LogP contribution in [0.5, 0.6) is 11.5 Å². The Morgan fingerprint density at radius 2 is 2.04 bits per heavy atom. The van der Waals surface area contributed by atoms with Gasteiger partial charge >= 0.3 is 6.61 Å². The normalized spacial score (nSPS) is 20.2. The van der Waals surface area contributed by atoms with Crippen molar-refractivity contribution in [2.75, 3.05) is 13.7 Å². The van der Waals surface area contributed by atoms with Crippen LogP contribution in [0.4, 0.5) is 8.78 Å². The van der Waals surface area contributed by atoms with Gasteiger partial charge in [-0.1, -0.05) is 12.8 Å². The van der Waals surface area contributed by atoms with Crippen LogP contribution in [0, 0.1) is 5.92 Å². The van der Waals surface area contributed by atoms with Crippen LogP contribution >= 0.6 is 12.4 Å². The van der Waals surface area contributed by atoms with Gasteiger partial charge in [0.25, 0.3) is 5.91 Å². The highest BCUT2D eigenvalue weighted by Gasteiger charge is 2.26. The molecular formula is C16H23ClF2N2O3. The largest absolute Gasteiger partial charge is 0.493 e. The van der Waals surface area contributed by atoms with Crippen molar-refractivity contribution in [2.24, 2.45) is 11.7 Å². The van der Waals surface area contributed by atoms with Crippen LogP contribution in [0.15, 0.2) is 18.2 Å². The lowest BCUT2D eigenvalue weighted by Gasteiger charge is -2.31. The number of methoxy groups -OCH3 is 1. The molecule has 1 aromatic rings. The summed E-state index contributed by atoms with van der Waals surface area (Å²) in [5.74, 6) is -0.0756. The molecule has 2 atom stereocenters. The van der Waals surface area contributed by atoms with E-state index in [1.165, 1.54) is 25.3 Å². The van der Waals surface area contributed by atoms with E-state index in [1.54, 1.807) is 0 Å². The zero-order valence-corrected chi connectivity index (χ0v) is 14.3. The highest BCUT2D eigenvalue weighted by atomic mass is 35.5. The Balaban J connectivity index is 0.00000288. The molecule has 1 aliphatic carbocycles. The van der Waals surface area contributed by atoms with E-state index in [-0.39, 0.29) is 47.3 Å². The second-order valence-electron chi connectivity index (χ2n) is 5.60. The van der Waals surface area contributed by atoms with Gasteiger partial charge in [0.1, 0.15) is 0 Å². The molecule has 1 saturated carbocycles. The van der Waals surface area contributed by atoms with Gasteiger partial charge in [-0.15, -0.1) is 12.4 Å². The van der Waals surface area contributed by atoms with Gasteiger partial charge < -0.3 is 20.5 Å². The van der Waals surface area contributed by atoms with Crippen molar-refractivity contribution >= 4 is 18.3 Å². The van der Waals surface area contributed by atoms with Crippen molar-refractivity contribution in [2.45, 2.75) is 38.3 Å². The maximum atomic E-state index is 12.4. The maximum Gasteiger partial charge on any atom is 0.387 e. The van der Waals surface area contributed by atoms with Crippen molar-refractivity contribution in [1.29, 1.82) is 0 Å². The third kappa shape index (κ3) is 5.21. The van der Waals surface area contributed by atoms with Crippen LogP contribution in [-0.4, -0.2) is 32.2 Å². The molecule has 2 rings (SSSR count). The number of nitrogens with two attached hydrogens (primary N) is 1. The molecule has 0 bridgehead atoms. The van der Waals surface area contributed by atoms with Gasteiger partial charge in [-0.05, 0) is 43.5 Å². The summed E-state index contributed by atoms with van der Waals surface area (Å²) in [5, 5.41) is 2.95. The van der Waals surface area contributed by atoms with Gasteiger partial charge in [0.15, 0.2) is 11.5 Å². The molecule has 1 aromatic carbocycles. The number of carbonyl (C=O) groups is 1. The van der Waals surface area contributed by atoms with E-state index in [9.17, 15) is 13.6 Å². The van der Waals surface area contributed by atoms with Crippen molar-refractivity contribution in [3.63, 3.8) is 0 Å². The van der Waals surface area contributed by atoms with Gasteiger partial charge in [0, 0.05) is 11.6 Å². The Hall–Kier alpha value is -1.60. The summed E-state index contributed by atoms with van der Waals surface area (Å²) in [6.07, 6.45) is 4.03. The van der Waals surface area contributed by atoms with Crippen LogP contribution in [-0.2, 0) is 0 Å². The Kier molecular flexibility index (Phi) is 8.21. The Bertz CT molecular complexity index is 546. The molecule has 0 aliphatic heterocycles. The van der Waals surface area contributed by atoms with E-state index in [1.807, 2.05) is 0 Å². The summed E-state index contributed by atoms with van der Waals surface area (Å²) in [6, 6.07) is 4.24. The van der Waals surface area contributed by atoms with E-state index in [0.29, 0.717) is 6.54 Å². The minimum Gasteiger partial charge on any atom is -0.493 e. The summed E-state index contributed by atoms with van der Waals surface area (Å²) < 4.78 is 34.3. The average Bonchev–Trinajstić information content (AvgIpc) is 2.54. The lowest BCUT2D eigenvalue weighted by molar-refractivity contribution is -0.0512. The van der Waals surface area contributed by atoms with Crippen molar-refractivity contribution in [3.05, 3.63) is 23.8 Å². The van der Waals surface area contributed by atoms with Crippen LogP contribution in [0.1, 0.15) is 36.0 Å². The number of benzene rings is 1. The highest BCUT2D eigenvalue weighted by molar-refractivity contribution is 5.95. The summed E-state index contributed by atoms with van der Waals surface area (Å²) in [7, 11) is 1.35. The van der Waals surface area contributed by atoms with Gasteiger partial charge in [-0.25, -0.2) is 0 Å². The zero-order valence-electron chi connectivity index (χ0n) is 13.5. The molecule has 2 unspecified atom stereocenters. The van der Waals surface area contributed by atoms with E-state index in [2.05, 4.69) is 10.1 Å². The zero-order chi connectivity index (χ0) is 16.8. The third-order valence-electron chi connectivity index (χ3n) is 4.17. The van der Waals surface area contributed by atoms with Gasteiger partial charge in [0.05, 0.1) is 7.11 Å². The molecule has 24 heavy (non-hydrogen) atoms. The number of nitrogens with one attached hydrogen (secondary N) is 1. The minimum absolute atomic E-state index is 0. The van der Waals surface area contributed by atoms with Gasteiger partial charge in [0.2, 0.25) is 0 Å². The topological polar surface area (TPSA) is 73.6 Å². The van der Waals surface area contributed by atoms with Crippen molar-refractivity contribution < 1.29 is 23.0 Å². The number of hydrogen-bond donors (Lipinski definition) is 2. The summed E-state index contributed by atoms with van der Waals surface area (Å²) >= 11 is 0. The number of ether oxygens (including phenoxy) is 2. The second-order valence-corrected chi connectivity index (χ2v) is 5.60. The number of halogens is 3. The fourth-order valence-electron chi connectivity index (χ4n) is 2.94. The monoisotopic (exact) mass is 364 g/mol. The molecule has 3 N–H and O–H groups in total. The molecule has 0 radical (unpaired) electrons. The van der Waals surface area contributed by atoms with E-state index < -0.39 is 6.61 Å². The molecule has 1 amide bonds. The molecular weight excluding hydrogens is 342 g/mol. The molecule has 0 heterocycles. The van der Waals surface area contributed by atoms with Crippen LogP contribution in [0.2, 0.25) is 0 Å². The van der Waals surface area contributed by atoms with Crippen molar-refractivity contribution in [3.8, 4) is 11.5 Å². The summed E-state index contributed by atoms with van der Waals surface area (Å²) in [4.78, 5) is 12.4. The Morgan fingerprint density at radius 3 is 2.67 bits per heavy atom. The third-order valence-corrected chi connectivity index (χ3v) is 4.17. The lowest BCUT2D eigenvalue weighted by atomic mass is 9.84. The predicted octanol–water partition coefficient (Wildman–Crippen LogP) is 2.97. The molecule has 5 nitrogen and oxygen atoms in total. The first kappa shape index (κ1) is 20.4. The molecule has 136 valence electrons. The number of hydrogen-bond acceptors (Lipinski definition) is 4. The molecule has 0 spiro atoms. The maximum absolute atomic E-state index is 12.4. The molecule has 1 aliphatic rings. The fraction of sp³-hybridized carbons (Fsp3) is 0.562. The van der Waals surface area contributed by atoms with Gasteiger partial charge in [-0.3, -0.25) is 4.79 Å². The van der Waals surface area contributed by atoms with Crippen molar-refractivity contribution in [1.82, 2.24) is 5.32 Å². The minimum atomic E-state index is -2.98. The van der Waals surface area contributed by atoms with Crippen LogP contribution in [0.3, 0.4) is 0 Å². The molecule has 1 fully saturated rings. The number of rotatable bonds is 6. The number of alkyl halides is 2. The number of carbonyl (C=O) groups excluding carboxylic acids is 1. The first-order chi connectivity index (χ1) is 11.0. The fourth-order valence-corrected chi connectivity index (χ4v) is 2.94. The second kappa shape index (κ2) is 9.64. The smallest absolute Gasteiger partial charge is 0.387 e. The molecule has 0 saturated heterocycles. The average molecular weight is 365 g/mol. The Morgan fingerprint density at radius 1 is 1.33 bits per heavy atom.